The zero-order valence-electron chi connectivity index (χ0n) is 17.4. The van der Waals surface area contributed by atoms with E-state index in [9.17, 15) is 8.42 Å². The first-order valence-electron chi connectivity index (χ1n) is 10.2. The summed E-state index contributed by atoms with van der Waals surface area (Å²) in [7, 11) is -1.55. The predicted molar refractivity (Wildman–Crippen MR) is 117 cm³/mol. The maximum absolute atomic E-state index is 11.5. The molecule has 1 aliphatic carbocycles. The fourth-order valence-electron chi connectivity index (χ4n) is 5.00. The van der Waals surface area contributed by atoms with Crippen LogP contribution in [-0.4, -0.2) is 46.3 Å². The molecule has 29 heavy (non-hydrogen) atoms. The Morgan fingerprint density at radius 2 is 1.83 bits per heavy atom. The molecule has 0 radical (unpaired) electrons. The van der Waals surface area contributed by atoms with Crippen LogP contribution in [0.1, 0.15) is 24.5 Å². The minimum Gasteiger partial charge on any atom is -0.497 e. The van der Waals surface area contributed by atoms with Crippen LogP contribution in [0.5, 0.6) is 5.75 Å². The van der Waals surface area contributed by atoms with Crippen molar-refractivity contribution in [2.75, 3.05) is 37.7 Å². The molecular formula is C23H30N2O3S. The van der Waals surface area contributed by atoms with Gasteiger partial charge in [-0.3, -0.25) is 4.72 Å². The van der Waals surface area contributed by atoms with E-state index in [-0.39, 0.29) is 5.41 Å². The van der Waals surface area contributed by atoms with Gasteiger partial charge in [0.1, 0.15) is 5.75 Å². The van der Waals surface area contributed by atoms with Gasteiger partial charge in [0.25, 0.3) is 0 Å². The van der Waals surface area contributed by atoms with E-state index in [2.05, 4.69) is 34.7 Å². The summed E-state index contributed by atoms with van der Waals surface area (Å²) in [5.74, 6) is 2.23. The summed E-state index contributed by atoms with van der Waals surface area (Å²) in [6, 6.07) is 16.3. The molecule has 1 saturated heterocycles. The number of ether oxygens (including phenoxy) is 1. The Morgan fingerprint density at radius 3 is 2.45 bits per heavy atom. The van der Waals surface area contributed by atoms with E-state index in [0.29, 0.717) is 17.5 Å². The highest BCUT2D eigenvalue weighted by atomic mass is 32.2. The molecule has 1 N–H and O–H groups in total. The molecule has 156 valence electrons. The maximum Gasteiger partial charge on any atom is 0.229 e. The number of nitrogens with one attached hydrogen (secondary N) is 1. The van der Waals surface area contributed by atoms with Crippen LogP contribution in [0.15, 0.2) is 48.5 Å². The van der Waals surface area contributed by atoms with Crippen LogP contribution >= 0.6 is 0 Å². The number of hydrogen-bond acceptors (Lipinski definition) is 4. The summed E-state index contributed by atoms with van der Waals surface area (Å²) < 4.78 is 30.9. The van der Waals surface area contributed by atoms with E-state index in [1.54, 1.807) is 7.11 Å². The van der Waals surface area contributed by atoms with Crippen molar-refractivity contribution in [3.63, 3.8) is 0 Å². The van der Waals surface area contributed by atoms with Crippen molar-refractivity contribution >= 4 is 15.7 Å². The van der Waals surface area contributed by atoms with Gasteiger partial charge in [0.15, 0.2) is 0 Å². The van der Waals surface area contributed by atoms with Crippen LogP contribution in [-0.2, 0) is 21.9 Å². The van der Waals surface area contributed by atoms with Crippen LogP contribution in [0.2, 0.25) is 0 Å². The third-order valence-corrected chi connectivity index (χ3v) is 7.32. The molecule has 1 heterocycles. The average Bonchev–Trinajstić information content (AvgIpc) is 3.02. The zero-order valence-corrected chi connectivity index (χ0v) is 18.2. The van der Waals surface area contributed by atoms with E-state index < -0.39 is 10.0 Å². The fraction of sp³-hybridized carbons (Fsp3) is 0.478. The third kappa shape index (κ3) is 4.28. The van der Waals surface area contributed by atoms with Crippen molar-refractivity contribution < 1.29 is 13.2 Å². The maximum atomic E-state index is 11.5. The van der Waals surface area contributed by atoms with E-state index in [0.717, 1.165) is 38.2 Å². The largest absolute Gasteiger partial charge is 0.497 e. The molecule has 6 heteroatoms. The number of nitrogens with zero attached hydrogens (tertiary/aromatic N) is 1. The molecule has 0 aromatic heterocycles. The lowest BCUT2D eigenvalue weighted by Crippen LogP contribution is -2.30. The van der Waals surface area contributed by atoms with Gasteiger partial charge in [0.05, 0.1) is 13.4 Å². The van der Waals surface area contributed by atoms with Gasteiger partial charge in [0.2, 0.25) is 10.0 Å². The Labute approximate surface area is 174 Å². The molecule has 2 aromatic rings. The second-order valence-corrected chi connectivity index (χ2v) is 10.4. The quantitative estimate of drug-likeness (QED) is 0.718. The van der Waals surface area contributed by atoms with Crippen LogP contribution < -0.4 is 9.46 Å². The van der Waals surface area contributed by atoms with Gasteiger partial charge in [-0.1, -0.05) is 31.2 Å². The first-order valence-corrected chi connectivity index (χ1v) is 12.1. The highest BCUT2D eigenvalue weighted by molar-refractivity contribution is 7.92. The Balaban J connectivity index is 1.29. The van der Waals surface area contributed by atoms with Crippen LogP contribution in [0.4, 0.5) is 5.69 Å². The fourth-order valence-corrected chi connectivity index (χ4v) is 5.56. The van der Waals surface area contributed by atoms with E-state index in [1.807, 2.05) is 30.3 Å². The third-order valence-electron chi connectivity index (χ3n) is 6.71. The van der Waals surface area contributed by atoms with Crippen molar-refractivity contribution in [2.45, 2.75) is 25.2 Å². The summed E-state index contributed by atoms with van der Waals surface area (Å²) in [6.45, 7) is 5.72. The monoisotopic (exact) mass is 414 g/mol. The van der Waals surface area contributed by atoms with Gasteiger partial charge in [-0.05, 0) is 66.6 Å². The Morgan fingerprint density at radius 1 is 1.14 bits per heavy atom. The van der Waals surface area contributed by atoms with Crippen molar-refractivity contribution in [1.29, 1.82) is 0 Å². The standard InChI is InChI=1S/C23H30N2O3S/c1-23(18-7-4-8-19(14-18)24-29(3,26)27)21-15-25(16-22(21)23)13-5-6-17-9-11-20(28-2)12-10-17/h4,7-12,14,21-22,24H,5-6,13,15-16H2,1-3H3. The lowest BCUT2D eigenvalue weighted by atomic mass is 9.92. The molecule has 1 aliphatic heterocycles. The molecule has 0 bridgehead atoms. The molecule has 1 saturated carbocycles. The van der Waals surface area contributed by atoms with Crippen LogP contribution in [0, 0.1) is 11.8 Å². The second-order valence-electron chi connectivity index (χ2n) is 8.66. The zero-order chi connectivity index (χ0) is 20.6. The summed E-state index contributed by atoms with van der Waals surface area (Å²) in [5, 5.41) is 0. The van der Waals surface area contributed by atoms with Crippen molar-refractivity contribution in [3.05, 3.63) is 59.7 Å². The van der Waals surface area contributed by atoms with Crippen molar-refractivity contribution in [2.24, 2.45) is 11.8 Å². The molecule has 0 amide bonds. The normalized spacial score (nSPS) is 26.2. The predicted octanol–water partition coefficient (Wildman–Crippen LogP) is 3.52. The lowest BCUT2D eigenvalue weighted by Gasteiger charge is -2.24. The Bertz CT molecular complexity index is 960. The van der Waals surface area contributed by atoms with Crippen molar-refractivity contribution in [3.8, 4) is 5.75 Å². The van der Waals surface area contributed by atoms with Crippen LogP contribution in [0.3, 0.4) is 0 Å². The Hall–Kier alpha value is -2.05. The van der Waals surface area contributed by atoms with Gasteiger partial charge >= 0.3 is 0 Å². The number of benzene rings is 2. The average molecular weight is 415 g/mol. The summed E-state index contributed by atoms with van der Waals surface area (Å²) >= 11 is 0. The van der Waals surface area contributed by atoms with Gasteiger partial charge < -0.3 is 9.64 Å². The molecule has 2 aliphatic rings. The number of hydrogen-bond donors (Lipinski definition) is 1. The number of piperidine rings is 1. The SMILES string of the molecule is COc1ccc(CCCN2CC3C(C2)C3(C)c2cccc(NS(C)(=O)=O)c2)cc1. The van der Waals surface area contributed by atoms with Crippen LogP contribution in [0.25, 0.3) is 0 Å². The molecular weight excluding hydrogens is 384 g/mol. The molecule has 5 nitrogen and oxygen atoms in total. The molecule has 2 atom stereocenters. The molecule has 2 unspecified atom stereocenters. The number of likely N-dealkylation sites (tertiary alicyclic amines) is 1. The number of anilines is 1. The molecule has 2 aromatic carbocycles. The number of fused-ring (bicyclic) bond motifs is 1. The van der Waals surface area contributed by atoms with Gasteiger partial charge in [0, 0.05) is 24.2 Å². The summed E-state index contributed by atoms with van der Waals surface area (Å²) in [6.07, 6.45) is 3.44. The van der Waals surface area contributed by atoms with E-state index in [4.69, 9.17) is 4.74 Å². The summed E-state index contributed by atoms with van der Waals surface area (Å²) in [4.78, 5) is 2.58. The number of methoxy groups -OCH3 is 1. The molecule has 4 rings (SSSR count). The number of sulfonamides is 1. The summed E-state index contributed by atoms with van der Waals surface area (Å²) in [5.41, 5.74) is 3.43. The van der Waals surface area contributed by atoms with Gasteiger partial charge in [-0.15, -0.1) is 0 Å². The van der Waals surface area contributed by atoms with E-state index in [1.165, 1.54) is 17.4 Å². The highest BCUT2D eigenvalue weighted by Gasteiger charge is 2.65. The number of rotatable bonds is 8. The van der Waals surface area contributed by atoms with Gasteiger partial charge in [-0.2, -0.15) is 0 Å². The first kappa shape index (κ1) is 20.2. The van der Waals surface area contributed by atoms with Crippen molar-refractivity contribution in [1.82, 2.24) is 4.90 Å². The first-order chi connectivity index (χ1) is 13.8. The molecule has 0 spiro atoms. The Kier molecular flexibility index (Phi) is 5.34. The highest BCUT2D eigenvalue weighted by Crippen LogP contribution is 2.63. The van der Waals surface area contributed by atoms with Gasteiger partial charge in [-0.25, -0.2) is 8.42 Å². The smallest absolute Gasteiger partial charge is 0.229 e. The minimum absolute atomic E-state index is 0.168. The second kappa shape index (κ2) is 7.65. The topological polar surface area (TPSA) is 58.6 Å². The molecule has 2 fully saturated rings. The minimum atomic E-state index is -3.25. The number of aryl methyl sites for hydroxylation is 1. The lowest BCUT2D eigenvalue weighted by molar-refractivity contribution is 0.274. The van der Waals surface area contributed by atoms with E-state index >= 15 is 0 Å².